The molecule has 1 heteroatoms. The molecule has 0 aliphatic heterocycles. The molecule has 2 rings (SSSR count). The molecule has 0 aromatic heterocycles. The molecule has 1 fully saturated rings. The Morgan fingerprint density at radius 1 is 1.50 bits per heavy atom. The molecule has 0 bridgehead atoms. The fourth-order valence-corrected chi connectivity index (χ4v) is 2.57. The summed E-state index contributed by atoms with van der Waals surface area (Å²) in [6, 6.07) is 0. The lowest BCUT2D eigenvalue weighted by atomic mass is 9.65. The quantitative estimate of drug-likeness (QED) is 0.608. The van der Waals surface area contributed by atoms with Crippen LogP contribution in [0.5, 0.6) is 0 Å². The number of ketones is 1. The Balaban J connectivity index is 2.40. The molecule has 0 radical (unpaired) electrons. The van der Waals surface area contributed by atoms with Crippen LogP contribution in [0.15, 0.2) is 36.5 Å². The van der Waals surface area contributed by atoms with Crippen LogP contribution in [0.3, 0.4) is 0 Å². The largest absolute Gasteiger partial charge is 0.298 e. The van der Waals surface area contributed by atoms with E-state index in [0.717, 1.165) is 32.1 Å². The summed E-state index contributed by atoms with van der Waals surface area (Å²) in [6.45, 7) is 3.76. The van der Waals surface area contributed by atoms with Gasteiger partial charge in [0.2, 0.25) is 0 Å². The van der Waals surface area contributed by atoms with E-state index in [1.165, 1.54) is 5.57 Å². The highest BCUT2D eigenvalue weighted by Crippen LogP contribution is 2.44. The van der Waals surface area contributed by atoms with Crippen molar-refractivity contribution in [1.29, 1.82) is 0 Å². The van der Waals surface area contributed by atoms with Crippen LogP contribution in [-0.2, 0) is 4.79 Å². The summed E-state index contributed by atoms with van der Waals surface area (Å²) in [5.41, 5.74) is 1.04. The third-order valence-corrected chi connectivity index (χ3v) is 3.29. The number of hydrogen-bond acceptors (Lipinski definition) is 1. The zero-order valence-electron chi connectivity index (χ0n) is 8.46. The number of hydrogen-bond donors (Lipinski definition) is 0. The topological polar surface area (TPSA) is 17.1 Å². The number of carbonyl (C=O) groups excluding carboxylic acids is 1. The second kappa shape index (κ2) is 3.56. The third kappa shape index (κ3) is 1.28. The van der Waals surface area contributed by atoms with Crippen molar-refractivity contribution in [2.45, 2.75) is 32.1 Å². The van der Waals surface area contributed by atoms with Gasteiger partial charge >= 0.3 is 0 Å². The number of allylic oxidation sites excluding steroid dienone is 5. The van der Waals surface area contributed by atoms with E-state index in [0.29, 0.717) is 5.78 Å². The average molecular weight is 188 g/mol. The van der Waals surface area contributed by atoms with Gasteiger partial charge in [-0.15, -0.1) is 6.58 Å². The number of fused-ring (bicyclic) bond motifs is 1. The van der Waals surface area contributed by atoms with E-state index in [4.69, 9.17) is 0 Å². The summed E-state index contributed by atoms with van der Waals surface area (Å²) < 4.78 is 0. The second-order valence-corrected chi connectivity index (χ2v) is 4.11. The Morgan fingerprint density at radius 2 is 2.36 bits per heavy atom. The van der Waals surface area contributed by atoms with Crippen LogP contribution in [0.1, 0.15) is 32.1 Å². The molecule has 2 aliphatic rings. The number of rotatable bonds is 2. The van der Waals surface area contributed by atoms with Crippen LogP contribution >= 0.6 is 0 Å². The van der Waals surface area contributed by atoms with E-state index in [1.54, 1.807) is 0 Å². The molecule has 1 nitrogen and oxygen atoms in total. The molecule has 1 saturated carbocycles. The van der Waals surface area contributed by atoms with E-state index in [1.807, 2.05) is 6.08 Å². The van der Waals surface area contributed by atoms with E-state index < -0.39 is 0 Å². The van der Waals surface area contributed by atoms with Crippen LogP contribution in [0.2, 0.25) is 0 Å². The zero-order valence-corrected chi connectivity index (χ0v) is 8.46. The molecule has 0 aromatic rings. The Labute approximate surface area is 85.2 Å². The molecule has 0 amide bonds. The molecule has 0 spiro atoms. The minimum absolute atomic E-state index is 0.293. The maximum atomic E-state index is 12.0. The molecule has 0 unspecified atom stereocenters. The Bertz CT molecular complexity index is 322. The highest BCUT2D eigenvalue weighted by molar-refractivity contribution is 5.91. The van der Waals surface area contributed by atoms with Crippen molar-refractivity contribution in [3.63, 3.8) is 0 Å². The van der Waals surface area contributed by atoms with Crippen molar-refractivity contribution < 1.29 is 4.79 Å². The van der Waals surface area contributed by atoms with Gasteiger partial charge in [0.1, 0.15) is 5.78 Å². The highest BCUT2D eigenvalue weighted by Gasteiger charge is 2.40. The van der Waals surface area contributed by atoms with Crippen molar-refractivity contribution in [3.8, 4) is 0 Å². The summed E-state index contributed by atoms with van der Waals surface area (Å²) in [4.78, 5) is 12.0. The lowest BCUT2D eigenvalue weighted by Gasteiger charge is -2.37. The van der Waals surface area contributed by atoms with Gasteiger partial charge in [-0.2, -0.15) is 0 Å². The molecular formula is C13H16O. The lowest BCUT2D eigenvalue weighted by Crippen LogP contribution is -2.35. The first kappa shape index (κ1) is 9.45. The van der Waals surface area contributed by atoms with Gasteiger partial charge in [0.05, 0.1) is 5.41 Å². The third-order valence-electron chi connectivity index (χ3n) is 3.29. The first-order valence-electron chi connectivity index (χ1n) is 5.31. The maximum absolute atomic E-state index is 12.0. The minimum Gasteiger partial charge on any atom is -0.298 e. The molecule has 2 aliphatic carbocycles. The number of Topliss-reactive ketones (excluding diaryl/α,β-unsaturated/α-hetero) is 1. The summed E-state index contributed by atoms with van der Waals surface area (Å²) >= 11 is 0. The Kier molecular flexibility index (Phi) is 2.40. The summed E-state index contributed by atoms with van der Waals surface area (Å²) in [6.07, 6.45) is 12.9. The monoisotopic (exact) mass is 188 g/mol. The highest BCUT2D eigenvalue weighted by atomic mass is 16.1. The van der Waals surface area contributed by atoms with E-state index in [9.17, 15) is 4.79 Å². The van der Waals surface area contributed by atoms with Gasteiger partial charge in [0.25, 0.3) is 0 Å². The van der Waals surface area contributed by atoms with Gasteiger partial charge in [-0.25, -0.2) is 0 Å². The van der Waals surface area contributed by atoms with Gasteiger partial charge in [-0.1, -0.05) is 29.9 Å². The second-order valence-electron chi connectivity index (χ2n) is 4.11. The standard InChI is InChI=1S/C13H16O/c1-2-9-13-10-4-3-6-11(13)7-5-8-12(13)14/h2,4,6,10H,1,3,5,7-9H2/t13-/m0/s1. The molecule has 74 valence electrons. The molecule has 0 saturated heterocycles. The predicted molar refractivity (Wildman–Crippen MR) is 57.9 cm³/mol. The summed E-state index contributed by atoms with van der Waals surface area (Å²) in [7, 11) is 0. The SMILES string of the molecule is C=CC[C@]12C=CCC=C1CCCC2=O. The first-order chi connectivity index (χ1) is 6.79. The lowest BCUT2D eigenvalue weighted by molar-refractivity contribution is -0.126. The Morgan fingerprint density at radius 3 is 3.14 bits per heavy atom. The van der Waals surface area contributed by atoms with E-state index >= 15 is 0 Å². The molecule has 0 heterocycles. The zero-order chi connectivity index (χ0) is 10.0. The van der Waals surface area contributed by atoms with Crippen LogP contribution in [0.25, 0.3) is 0 Å². The van der Waals surface area contributed by atoms with Crippen molar-refractivity contribution in [2.24, 2.45) is 5.41 Å². The van der Waals surface area contributed by atoms with E-state index in [2.05, 4.69) is 24.8 Å². The maximum Gasteiger partial charge on any atom is 0.147 e. The van der Waals surface area contributed by atoms with E-state index in [-0.39, 0.29) is 5.41 Å². The van der Waals surface area contributed by atoms with Crippen molar-refractivity contribution in [1.82, 2.24) is 0 Å². The first-order valence-corrected chi connectivity index (χ1v) is 5.31. The fourth-order valence-electron chi connectivity index (χ4n) is 2.57. The van der Waals surface area contributed by atoms with Gasteiger partial charge in [0, 0.05) is 6.42 Å². The molecule has 14 heavy (non-hydrogen) atoms. The fraction of sp³-hybridized carbons (Fsp3) is 0.462. The van der Waals surface area contributed by atoms with Crippen LogP contribution < -0.4 is 0 Å². The molecule has 0 aromatic carbocycles. The predicted octanol–water partition coefficient (Wildman–Crippen LogP) is 3.19. The Hall–Kier alpha value is -1.11. The summed E-state index contributed by atoms with van der Waals surface area (Å²) in [5.74, 6) is 0.380. The summed E-state index contributed by atoms with van der Waals surface area (Å²) in [5, 5.41) is 0. The smallest absolute Gasteiger partial charge is 0.147 e. The molecular weight excluding hydrogens is 172 g/mol. The van der Waals surface area contributed by atoms with Gasteiger partial charge in [0.15, 0.2) is 0 Å². The van der Waals surface area contributed by atoms with Crippen molar-refractivity contribution >= 4 is 5.78 Å². The van der Waals surface area contributed by atoms with Gasteiger partial charge in [-0.05, 0) is 25.7 Å². The molecule has 1 atom stereocenters. The number of carbonyl (C=O) groups is 1. The van der Waals surface area contributed by atoms with Gasteiger partial charge in [-0.3, -0.25) is 4.79 Å². The average Bonchev–Trinajstić information content (AvgIpc) is 2.20. The minimum atomic E-state index is -0.293. The van der Waals surface area contributed by atoms with Crippen molar-refractivity contribution in [3.05, 3.63) is 36.5 Å². The van der Waals surface area contributed by atoms with Crippen LogP contribution in [-0.4, -0.2) is 5.78 Å². The van der Waals surface area contributed by atoms with Gasteiger partial charge < -0.3 is 0 Å². The molecule has 0 N–H and O–H groups in total. The van der Waals surface area contributed by atoms with Crippen molar-refractivity contribution in [2.75, 3.05) is 0 Å². The van der Waals surface area contributed by atoms with Crippen LogP contribution in [0.4, 0.5) is 0 Å². The van der Waals surface area contributed by atoms with Crippen LogP contribution in [0, 0.1) is 5.41 Å². The normalized spacial score (nSPS) is 30.9.